The fourth-order valence-corrected chi connectivity index (χ4v) is 2.56. The summed E-state index contributed by atoms with van der Waals surface area (Å²) in [7, 11) is 0. The van der Waals surface area contributed by atoms with Crippen molar-refractivity contribution in [3.05, 3.63) is 76.8 Å². The van der Waals surface area contributed by atoms with Crippen molar-refractivity contribution in [3.63, 3.8) is 0 Å². The average molecular weight is 335 g/mol. The highest BCUT2D eigenvalue weighted by Gasteiger charge is 2.06. The van der Waals surface area contributed by atoms with Crippen LogP contribution in [0, 0.1) is 11.3 Å². The summed E-state index contributed by atoms with van der Waals surface area (Å²) >= 11 is 6.20. The van der Waals surface area contributed by atoms with Crippen LogP contribution in [0.5, 0.6) is 0 Å². The number of hydrogen-bond donors (Lipinski definition) is 0. The van der Waals surface area contributed by atoms with Gasteiger partial charge >= 0.3 is 0 Å². The molecule has 0 N–H and O–H groups in total. The van der Waals surface area contributed by atoms with Gasteiger partial charge in [0.25, 0.3) is 0 Å². The maximum absolute atomic E-state index is 8.89. The molecule has 0 saturated carbocycles. The second-order valence-electron chi connectivity index (χ2n) is 5.44. The smallest absolute Gasteiger partial charge is 0.107 e. The summed E-state index contributed by atoms with van der Waals surface area (Å²) in [6.07, 6.45) is 7.25. The summed E-state index contributed by atoms with van der Waals surface area (Å²) in [5.41, 5.74) is 4.17. The molecule has 2 aromatic heterocycles. The third-order valence-corrected chi connectivity index (χ3v) is 3.92. The molecule has 3 rings (SSSR count). The second kappa shape index (κ2) is 7.12. The monoisotopic (exact) mass is 334 g/mol. The number of benzene rings is 1. The van der Waals surface area contributed by atoms with Crippen molar-refractivity contribution in [2.75, 3.05) is 0 Å². The molecule has 24 heavy (non-hydrogen) atoms. The molecule has 118 valence electrons. The Bertz CT molecular complexity index is 934. The molecule has 0 aliphatic carbocycles. The van der Waals surface area contributed by atoms with Crippen molar-refractivity contribution >= 4 is 17.7 Å². The molecule has 0 aliphatic rings. The number of halogens is 1. The van der Waals surface area contributed by atoms with Gasteiger partial charge < -0.3 is 4.57 Å². The Kier molecular flexibility index (Phi) is 4.74. The first kappa shape index (κ1) is 16.0. The largest absolute Gasteiger partial charge is 0.332 e. The lowest BCUT2D eigenvalue weighted by molar-refractivity contribution is 0.798. The van der Waals surface area contributed by atoms with Gasteiger partial charge in [0.05, 0.1) is 18.1 Å². The number of allylic oxidation sites excluding steroid dienone is 1. The van der Waals surface area contributed by atoms with E-state index in [2.05, 4.69) is 16.0 Å². The van der Waals surface area contributed by atoms with E-state index in [9.17, 15) is 0 Å². The van der Waals surface area contributed by atoms with Crippen LogP contribution in [-0.2, 0) is 6.54 Å². The van der Waals surface area contributed by atoms with Crippen molar-refractivity contribution in [1.29, 1.82) is 5.26 Å². The molecule has 3 aromatic rings. The minimum atomic E-state index is 0.649. The second-order valence-corrected chi connectivity index (χ2v) is 5.84. The molecule has 0 saturated heterocycles. The van der Waals surface area contributed by atoms with E-state index < -0.39 is 0 Å². The summed E-state index contributed by atoms with van der Waals surface area (Å²) in [5.74, 6) is 0. The van der Waals surface area contributed by atoms with E-state index in [1.54, 1.807) is 19.4 Å². The van der Waals surface area contributed by atoms with Crippen LogP contribution >= 0.6 is 11.6 Å². The Morgan fingerprint density at radius 1 is 1.25 bits per heavy atom. The first-order chi connectivity index (χ1) is 11.7. The molecule has 1 aromatic carbocycles. The van der Waals surface area contributed by atoms with Gasteiger partial charge in [-0.15, -0.1) is 0 Å². The van der Waals surface area contributed by atoms with Crippen molar-refractivity contribution in [3.8, 4) is 17.5 Å². The molecule has 4 nitrogen and oxygen atoms in total. The molecule has 0 aliphatic heterocycles. The number of nitriles is 1. The zero-order valence-electron chi connectivity index (χ0n) is 13.1. The number of imidazole rings is 1. The van der Waals surface area contributed by atoms with E-state index >= 15 is 0 Å². The lowest BCUT2D eigenvalue weighted by atomic mass is 10.1. The van der Waals surface area contributed by atoms with Gasteiger partial charge in [-0.2, -0.15) is 5.26 Å². The molecule has 0 spiro atoms. The number of pyridine rings is 1. The van der Waals surface area contributed by atoms with E-state index in [1.807, 2.05) is 53.2 Å². The SMILES string of the molecule is C/C(C#N)=C/c1ccnc(-c2cn(Cc3ccccc3Cl)cn2)c1. The summed E-state index contributed by atoms with van der Waals surface area (Å²) in [6.45, 7) is 2.43. The summed E-state index contributed by atoms with van der Waals surface area (Å²) in [5, 5.41) is 9.63. The first-order valence-corrected chi connectivity index (χ1v) is 7.83. The van der Waals surface area contributed by atoms with Crippen LogP contribution < -0.4 is 0 Å². The Morgan fingerprint density at radius 3 is 2.88 bits per heavy atom. The number of hydrogen-bond acceptors (Lipinski definition) is 3. The van der Waals surface area contributed by atoms with Crippen molar-refractivity contribution in [2.24, 2.45) is 0 Å². The molecule has 0 unspecified atom stereocenters. The Morgan fingerprint density at radius 2 is 2.08 bits per heavy atom. The van der Waals surface area contributed by atoms with E-state index in [-0.39, 0.29) is 0 Å². The van der Waals surface area contributed by atoms with E-state index in [0.29, 0.717) is 12.1 Å². The summed E-state index contributed by atoms with van der Waals surface area (Å²) in [6, 6.07) is 13.7. The highest BCUT2D eigenvalue weighted by atomic mass is 35.5. The van der Waals surface area contributed by atoms with Gasteiger partial charge in [0.2, 0.25) is 0 Å². The number of aromatic nitrogens is 3. The minimum absolute atomic E-state index is 0.649. The van der Waals surface area contributed by atoms with Crippen LogP contribution in [0.4, 0.5) is 0 Å². The van der Waals surface area contributed by atoms with Gasteiger partial charge in [0.1, 0.15) is 5.69 Å². The van der Waals surface area contributed by atoms with Crippen LogP contribution in [0.3, 0.4) is 0 Å². The molecule has 0 amide bonds. The van der Waals surface area contributed by atoms with Crippen molar-refractivity contribution < 1.29 is 0 Å². The lowest BCUT2D eigenvalue weighted by Gasteiger charge is -2.04. The van der Waals surface area contributed by atoms with Gasteiger partial charge in [-0.3, -0.25) is 4.98 Å². The highest BCUT2D eigenvalue weighted by molar-refractivity contribution is 6.31. The van der Waals surface area contributed by atoms with Crippen molar-refractivity contribution in [2.45, 2.75) is 13.5 Å². The van der Waals surface area contributed by atoms with Crippen LogP contribution in [0.1, 0.15) is 18.1 Å². The molecular weight excluding hydrogens is 320 g/mol. The fourth-order valence-electron chi connectivity index (χ4n) is 2.36. The van der Waals surface area contributed by atoms with E-state index in [1.165, 1.54) is 0 Å². The van der Waals surface area contributed by atoms with E-state index in [4.69, 9.17) is 16.9 Å². The average Bonchev–Trinajstić information content (AvgIpc) is 3.06. The number of rotatable bonds is 4. The van der Waals surface area contributed by atoms with Crippen LogP contribution in [-0.4, -0.2) is 14.5 Å². The maximum Gasteiger partial charge on any atom is 0.107 e. The van der Waals surface area contributed by atoms with Gasteiger partial charge in [-0.1, -0.05) is 29.8 Å². The topological polar surface area (TPSA) is 54.5 Å². The maximum atomic E-state index is 8.89. The molecule has 0 fully saturated rings. The predicted octanol–water partition coefficient (Wildman–Crippen LogP) is 4.57. The zero-order chi connectivity index (χ0) is 16.9. The van der Waals surface area contributed by atoms with Gasteiger partial charge in [0.15, 0.2) is 0 Å². The molecule has 0 radical (unpaired) electrons. The van der Waals surface area contributed by atoms with Gasteiger partial charge in [-0.05, 0) is 42.3 Å². The Labute approximate surface area is 145 Å². The third-order valence-electron chi connectivity index (χ3n) is 3.55. The highest BCUT2D eigenvalue weighted by Crippen LogP contribution is 2.20. The Balaban J connectivity index is 1.85. The fraction of sp³-hybridized carbons (Fsp3) is 0.105. The lowest BCUT2D eigenvalue weighted by Crippen LogP contribution is -1.96. The molecule has 2 heterocycles. The van der Waals surface area contributed by atoms with Gasteiger partial charge in [0, 0.05) is 29.5 Å². The first-order valence-electron chi connectivity index (χ1n) is 7.46. The predicted molar refractivity (Wildman–Crippen MR) is 95.3 cm³/mol. The molecule has 5 heteroatoms. The van der Waals surface area contributed by atoms with Crippen LogP contribution in [0.25, 0.3) is 17.5 Å². The third kappa shape index (κ3) is 3.70. The normalized spacial score (nSPS) is 11.3. The molecule has 0 atom stereocenters. The van der Waals surface area contributed by atoms with Crippen molar-refractivity contribution in [1.82, 2.24) is 14.5 Å². The summed E-state index contributed by atoms with van der Waals surface area (Å²) in [4.78, 5) is 8.79. The quantitative estimate of drug-likeness (QED) is 0.656. The number of nitrogens with zero attached hydrogens (tertiary/aromatic N) is 4. The zero-order valence-corrected chi connectivity index (χ0v) is 13.9. The van der Waals surface area contributed by atoms with Crippen LogP contribution in [0.2, 0.25) is 5.02 Å². The minimum Gasteiger partial charge on any atom is -0.332 e. The summed E-state index contributed by atoms with van der Waals surface area (Å²) < 4.78 is 1.97. The Hall–Kier alpha value is -2.90. The van der Waals surface area contributed by atoms with Gasteiger partial charge in [-0.25, -0.2) is 4.98 Å². The standard InChI is InChI=1S/C19H15ClN4/c1-14(10-21)8-15-6-7-22-18(9-15)19-12-24(13-23-19)11-16-4-2-3-5-17(16)20/h2-9,12-13H,11H2,1H3/b14-8-. The molecular formula is C19H15ClN4. The molecule has 0 bridgehead atoms. The van der Waals surface area contributed by atoms with E-state index in [0.717, 1.165) is 27.5 Å². The van der Waals surface area contributed by atoms with Crippen LogP contribution in [0.15, 0.2) is 60.7 Å².